The Kier molecular flexibility index (Phi) is 7.78. The number of ether oxygens (including phenoxy) is 1. The number of hydrogen-bond donors (Lipinski definition) is 3. The van der Waals surface area contributed by atoms with E-state index in [0.717, 1.165) is 10.8 Å². The van der Waals surface area contributed by atoms with E-state index < -0.39 is 49.6 Å². The van der Waals surface area contributed by atoms with Crippen molar-refractivity contribution in [2.45, 2.75) is 31.7 Å². The van der Waals surface area contributed by atoms with Crippen LogP contribution in [0.3, 0.4) is 0 Å². The topological polar surface area (TPSA) is 113 Å². The molecule has 2 aromatic rings. The van der Waals surface area contributed by atoms with Crippen molar-refractivity contribution < 1.29 is 31.8 Å². The predicted octanol–water partition coefficient (Wildman–Crippen LogP) is 1.82. The molecule has 1 aromatic carbocycles. The molecule has 3 N–H and O–H groups in total. The third-order valence-corrected chi connectivity index (χ3v) is 7.47. The van der Waals surface area contributed by atoms with Crippen LogP contribution in [-0.2, 0) is 21.8 Å². The SMILES string of the molecule is CCOCN1CC(NS(=O)(=O)c2cn(C)c(C(=O)Nc3ccc(F)c(C)c3)c2F)C(C)(CO)C1. The number of aryl methyl sites for hydroxylation is 2. The lowest BCUT2D eigenvalue weighted by molar-refractivity contribution is 0.0382. The Hall–Kier alpha value is -2.38. The van der Waals surface area contributed by atoms with Crippen molar-refractivity contribution in [2.75, 3.05) is 38.4 Å². The summed E-state index contributed by atoms with van der Waals surface area (Å²) in [4.78, 5) is 13.9. The molecule has 34 heavy (non-hydrogen) atoms. The minimum Gasteiger partial charge on any atom is -0.396 e. The number of nitrogens with one attached hydrogen (secondary N) is 2. The first kappa shape index (κ1) is 26.2. The highest BCUT2D eigenvalue weighted by Gasteiger charge is 2.45. The molecule has 0 bridgehead atoms. The van der Waals surface area contributed by atoms with Crippen LogP contribution in [0.25, 0.3) is 0 Å². The maximum atomic E-state index is 15.2. The number of nitrogens with zero attached hydrogens (tertiary/aromatic N) is 2. The van der Waals surface area contributed by atoms with Gasteiger partial charge in [0.25, 0.3) is 5.91 Å². The van der Waals surface area contributed by atoms with Gasteiger partial charge in [-0.2, -0.15) is 0 Å². The average Bonchev–Trinajstić information content (AvgIpc) is 3.25. The van der Waals surface area contributed by atoms with Crippen LogP contribution in [0.15, 0.2) is 29.3 Å². The zero-order valence-electron chi connectivity index (χ0n) is 19.6. The number of halogens is 2. The Balaban J connectivity index is 1.83. The number of aromatic nitrogens is 1. The number of hydrogen-bond acceptors (Lipinski definition) is 6. The number of aliphatic hydroxyl groups excluding tert-OH is 1. The second-order valence-electron chi connectivity index (χ2n) is 8.80. The molecule has 0 radical (unpaired) electrons. The lowest BCUT2D eigenvalue weighted by Gasteiger charge is -2.28. The van der Waals surface area contributed by atoms with E-state index in [-0.39, 0.29) is 25.6 Å². The Morgan fingerprint density at radius 3 is 2.68 bits per heavy atom. The van der Waals surface area contributed by atoms with Gasteiger partial charge >= 0.3 is 0 Å². The molecule has 2 heterocycles. The molecule has 0 saturated carbocycles. The standard InChI is InChI=1S/C22H30F2N4O5S/c1-5-33-13-28-10-18(22(3,11-28)12-29)26-34(31,32)17-9-27(4)20(19(17)24)21(30)25-15-6-7-16(23)14(2)8-15/h6-9,18,26,29H,5,10-13H2,1-4H3,(H,25,30). The van der Waals surface area contributed by atoms with Crippen molar-refractivity contribution in [3.63, 3.8) is 0 Å². The molecule has 188 valence electrons. The number of aliphatic hydroxyl groups is 1. The summed E-state index contributed by atoms with van der Waals surface area (Å²) in [5.41, 5.74) is -0.766. The van der Waals surface area contributed by atoms with Crippen molar-refractivity contribution in [1.82, 2.24) is 14.2 Å². The molecule has 3 rings (SSSR count). The van der Waals surface area contributed by atoms with E-state index in [2.05, 4.69) is 10.0 Å². The summed E-state index contributed by atoms with van der Waals surface area (Å²) < 4.78 is 63.9. The molecule has 1 aromatic heterocycles. The van der Waals surface area contributed by atoms with Gasteiger partial charge in [0.2, 0.25) is 10.0 Å². The Labute approximate surface area is 197 Å². The van der Waals surface area contributed by atoms with Crippen LogP contribution in [0.5, 0.6) is 0 Å². The maximum absolute atomic E-state index is 15.2. The molecule has 2 atom stereocenters. The van der Waals surface area contributed by atoms with E-state index in [1.807, 2.05) is 11.8 Å². The number of amides is 1. The molecule has 12 heteroatoms. The lowest BCUT2D eigenvalue weighted by atomic mass is 9.87. The first-order valence-electron chi connectivity index (χ1n) is 10.8. The second-order valence-corrected chi connectivity index (χ2v) is 10.5. The third-order valence-electron chi connectivity index (χ3n) is 6.01. The quantitative estimate of drug-likeness (QED) is 0.484. The van der Waals surface area contributed by atoms with Crippen LogP contribution >= 0.6 is 0 Å². The molecule has 9 nitrogen and oxygen atoms in total. The fraction of sp³-hybridized carbons (Fsp3) is 0.500. The number of anilines is 1. The fourth-order valence-corrected chi connectivity index (χ4v) is 5.49. The number of carbonyl (C=O) groups is 1. The number of benzene rings is 1. The molecule has 1 saturated heterocycles. The smallest absolute Gasteiger partial charge is 0.275 e. The third kappa shape index (κ3) is 5.31. The molecule has 0 aliphatic carbocycles. The Morgan fingerprint density at radius 2 is 2.06 bits per heavy atom. The summed E-state index contributed by atoms with van der Waals surface area (Å²) >= 11 is 0. The summed E-state index contributed by atoms with van der Waals surface area (Å²) in [6, 6.07) is 3.17. The molecule has 1 aliphatic heterocycles. The Bertz CT molecular complexity index is 1170. The van der Waals surface area contributed by atoms with Crippen LogP contribution in [0.1, 0.15) is 29.9 Å². The van der Waals surface area contributed by atoms with Crippen LogP contribution in [0, 0.1) is 24.0 Å². The van der Waals surface area contributed by atoms with Crippen molar-refractivity contribution in [3.05, 3.63) is 47.3 Å². The van der Waals surface area contributed by atoms with Crippen molar-refractivity contribution in [3.8, 4) is 0 Å². The van der Waals surface area contributed by atoms with E-state index in [1.165, 1.54) is 32.2 Å². The highest BCUT2D eigenvalue weighted by atomic mass is 32.2. The summed E-state index contributed by atoms with van der Waals surface area (Å²) in [6.45, 7) is 6.22. The number of carbonyl (C=O) groups excluding carboxylic acids is 1. The number of rotatable bonds is 9. The van der Waals surface area contributed by atoms with E-state index in [0.29, 0.717) is 18.7 Å². The molecule has 1 aliphatic rings. The first-order chi connectivity index (χ1) is 15.9. The van der Waals surface area contributed by atoms with Gasteiger partial charge in [-0.25, -0.2) is 21.9 Å². The first-order valence-corrected chi connectivity index (χ1v) is 12.3. The van der Waals surface area contributed by atoms with E-state index in [4.69, 9.17) is 4.74 Å². The molecular formula is C22H30F2N4O5S. The van der Waals surface area contributed by atoms with E-state index in [9.17, 15) is 22.7 Å². The lowest BCUT2D eigenvalue weighted by Crippen LogP contribution is -2.47. The molecule has 1 fully saturated rings. The van der Waals surface area contributed by atoms with Gasteiger partial charge in [-0.05, 0) is 37.6 Å². The van der Waals surface area contributed by atoms with E-state index >= 15 is 4.39 Å². The summed E-state index contributed by atoms with van der Waals surface area (Å²) in [6.07, 6.45) is 1.02. The normalized spacial score (nSPS) is 21.2. The van der Waals surface area contributed by atoms with Crippen LogP contribution in [0.2, 0.25) is 0 Å². The van der Waals surface area contributed by atoms with Crippen LogP contribution in [0.4, 0.5) is 14.5 Å². The van der Waals surface area contributed by atoms with Crippen LogP contribution < -0.4 is 10.0 Å². The Morgan fingerprint density at radius 1 is 1.35 bits per heavy atom. The molecule has 2 unspecified atom stereocenters. The molecular weight excluding hydrogens is 470 g/mol. The second kappa shape index (κ2) is 10.1. The number of sulfonamides is 1. The van der Waals surface area contributed by atoms with Gasteiger partial charge in [-0.3, -0.25) is 9.69 Å². The van der Waals surface area contributed by atoms with Gasteiger partial charge in [-0.15, -0.1) is 0 Å². The van der Waals surface area contributed by atoms with Gasteiger partial charge < -0.3 is 19.7 Å². The fourth-order valence-electron chi connectivity index (χ4n) is 4.00. The van der Waals surface area contributed by atoms with Gasteiger partial charge in [0, 0.05) is 50.1 Å². The molecule has 0 spiro atoms. The zero-order chi connectivity index (χ0) is 25.3. The maximum Gasteiger partial charge on any atom is 0.275 e. The highest BCUT2D eigenvalue weighted by Crippen LogP contribution is 2.32. The van der Waals surface area contributed by atoms with Crippen molar-refractivity contribution >= 4 is 21.6 Å². The molecule has 1 amide bonds. The van der Waals surface area contributed by atoms with Gasteiger partial charge in [0.05, 0.1) is 13.3 Å². The van der Waals surface area contributed by atoms with Gasteiger partial charge in [0.15, 0.2) is 5.82 Å². The summed E-state index contributed by atoms with van der Waals surface area (Å²) in [5.74, 6) is -2.54. The largest absolute Gasteiger partial charge is 0.396 e. The summed E-state index contributed by atoms with van der Waals surface area (Å²) in [7, 11) is -3.02. The van der Waals surface area contributed by atoms with Crippen molar-refractivity contribution in [1.29, 1.82) is 0 Å². The minimum absolute atomic E-state index is 0.242. The van der Waals surface area contributed by atoms with Gasteiger partial charge in [0.1, 0.15) is 16.4 Å². The zero-order valence-corrected chi connectivity index (χ0v) is 20.4. The number of likely N-dealkylation sites (tertiary alicyclic amines) is 1. The van der Waals surface area contributed by atoms with Crippen molar-refractivity contribution in [2.24, 2.45) is 12.5 Å². The predicted molar refractivity (Wildman–Crippen MR) is 122 cm³/mol. The van der Waals surface area contributed by atoms with Gasteiger partial charge in [-0.1, -0.05) is 6.92 Å². The average molecular weight is 501 g/mol. The summed E-state index contributed by atoms with van der Waals surface area (Å²) in [5, 5.41) is 12.4. The van der Waals surface area contributed by atoms with Crippen LogP contribution in [-0.4, -0.2) is 68.0 Å². The van der Waals surface area contributed by atoms with E-state index in [1.54, 1.807) is 6.92 Å². The highest BCUT2D eigenvalue weighted by molar-refractivity contribution is 7.89. The minimum atomic E-state index is -4.37. The monoisotopic (exact) mass is 500 g/mol.